The molecule has 2 atom stereocenters. The van der Waals surface area contributed by atoms with E-state index >= 15 is 0 Å². The Hall–Kier alpha value is -3.44. The smallest absolute Gasteiger partial charge is 0.251 e. The number of phenols is 1. The molecular weight excluding hydrogens is 482 g/mol. The predicted octanol–water partition coefficient (Wildman–Crippen LogP) is 2.09. The molecule has 0 aliphatic rings. The number of anilines is 1. The highest BCUT2D eigenvalue weighted by atomic mass is 32.2. The number of sulfonamides is 1. The normalized spacial score (nSPS) is 13.1. The number of carbonyl (C=O) groups excluding carboxylic acids is 1. The number of aliphatic hydroxyl groups excluding tert-OH is 2. The molecule has 0 spiro atoms. The van der Waals surface area contributed by atoms with Gasteiger partial charge in [0.25, 0.3) is 5.91 Å². The van der Waals surface area contributed by atoms with Crippen LogP contribution in [0.3, 0.4) is 0 Å². The summed E-state index contributed by atoms with van der Waals surface area (Å²) in [5.74, 6) is -0.515. The van der Waals surface area contributed by atoms with Crippen LogP contribution in [0, 0.1) is 0 Å². The van der Waals surface area contributed by atoms with Gasteiger partial charge in [-0.2, -0.15) is 0 Å². The monoisotopic (exact) mass is 513 g/mol. The maximum atomic E-state index is 12.2. The maximum absolute atomic E-state index is 12.2. The standard InChI is InChI=1S/C26H31N3O6S/c1-36(34,35)29-23-16-21(11-12-24(23)31)25(32)17-28-22(15-18-5-3-2-4-6-18)19-7-9-20(10-8-19)26(33)27-13-14-30/h2-12,16,22,25,28-32H,13-15,17H2,1H3,(H,27,33)/t22-,25?/m1/s1. The fourth-order valence-electron chi connectivity index (χ4n) is 3.71. The summed E-state index contributed by atoms with van der Waals surface area (Å²) in [6, 6.07) is 21.0. The molecule has 9 nitrogen and oxygen atoms in total. The molecular formula is C26H31N3O6S. The Labute approximate surface area is 210 Å². The first-order chi connectivity index (χ1) is 17.2. The number of rotatable bonds is 12. The molecule has 36 heavy (non-hydrogen) atoms. The second kappa shape index (κ2) is 12.5. The highest BCUT2D eigenvalue weighted by molar-refractivity contribution is 7.92. The molecule has 0 bridgehead atoms. The van der Waals surface area contributed by atoms with Crippen molar-refractivity contribution in [2.75, 3.05) is 30.7 Å². The van der Waals surface area contributed by atoms with Crippen molar-refractivity contribution >= 4 is 21.6 Å². The quantitative estimate of drug-likeness (QED) is 0.203. The van der Waals surface area contributed by atoms with E-state index in [0.717, 1.165) is 17.4 Å². The van der Waals surface area contributed by atoms with Gasteiger partial charge in [0.1, 0.15) is 5.75 Å². The second-order valence-corrected chi connectivity index (χ2v) is 10.2. The Balaban J connectivity index is 1.77. The van der Waals surface area contributed by atoms with E-state index in [2.05, 4.69) is 15.4 Å². The van der Waals surface area contributed by atoms with Crippen molar-refractivity contribution in [1.29, 1.82) is 0 Å². The summed E-state index contributed by atoms with van der Waals surface area (Å²) < 4.78 is 25.4. The van der Waals surface area contributed by atoms with Crippen LogP contribution in [-0.2, 0) is 16.4 Å². The molecule has 0 aliphatic heterocycles. The number of hydrogen-bond acceptors (Lipinski definition) is 7. The van der Waals surface area contributed by atoms with Crippen LogP contribution in [0.2, 0.25) is 0 Å². The predicted molar refractivity (Wildman–Crippen MR) is 138 cm³/mol. The molecule has 0 radical (unpaired) electrons. The lowest BCUT2D eigenvalue weighted by atomic mass is 9.97. The summed E-state index contributed by atoms with van der Waals surface area (Å²) >= 11 is 0. The average Bonchev–Trinajstić information content (AvgIpc) is 2.86. The zero-order chi connectivity index (χ0) is 26.1. The van der Waals surface area contributed by atoms with Crippen molar-refractivity contribution in [3.8, 4) is 5.75 Å². The van der Waals surface area contributed by atoms with E-state index in [1.807, 2.05) is 42.5 Å². The van der Waals surface area contributed by atoms with Gasteiger partial charge in [-0.3, -0.25) is 9.52 Å². The minimum absolute atomic E-state index is 0.00931. The van der Waals surface area contributed by atoms with Gasteiger partial charge < -0.3 is 26.0 Å². The summed E-state index contributed by atoms with van der Waals surface area (Å²) in [4.78, 5) is 12.2. The van der Waals surface area contributed by atoms with Gasteiger partial charge in [-0.05, 0) is 47.4 Å². The fourth-order valence-corrected chi connectivity index (χ4v) is 4.27. The number of aliphatic hydroxyl groups is 2. The summed E-state index contributed by atoms with van der Waals surface area (Å²) in [6.45, 7) is 0.191. The van der Waals surface area contributed by atoms with Gasteiger partial charge >= 0.3 is 0 Å². The zero-order valence-corrected chi connectivity index (χ0v) is 20.7. The van der Waals surface area contributed by atoms with Gasteiger partial charge in [-0.15, -0.1) is 0 Å². The molecule has 1 amide bonds. The zero-order valence-electron chi connectivity index (χ0n) is 19.9. The minimum Gasteiger partial charge on any atom is -0.506 e. The van der Waals surface area contributed by atoms with Crippen molar-refractivity contribution in [2.45, 2.75) is 18.6 Å². The Kier molecular flexibility index (Phi) is 9.43. The third kappa shape index (κ3) is 8.06. The Morgan fingerprint density at radius 3 is 2.28 bits per heavy atom. The van der Waals surface area contributed by atoms with Gasteiger partial charge in [-0.1, -0.05) is 48.5 Å². The molecule has 0 saturated heterocycles. The third-order valence-corrected chi connectivity index (χ3v) is 6.10. The van der Waals surface area contributed by atoms with Crippen LogP contribution in [0.1, 0.15) is 39.2 Å². The molecule has 0 aromatic heterocycles. The SMILES string of the molecule is CS(=O)(=O)Nc1cc(C(O)CN[C@H](Cc2ccccc2)c2ccc(C(=O)NCCO)cc2)ccc1O. The molecule has 3 aromatic carbocycles. The Morgan fingerprint density at radius 2 is 1.64 bits per heavy atom. The largest absolute Gasteiger partial charge is 0.506 e. The van der Waals surface area contributed by atoms with Crippen molar-refractivity contribution in [3.05, 3.63) is 95.1 Å². The molecule has 0 saturated carbocycles. The number of amides is 1. The topological polar surface area (TPSA) is 148 Å². The highest BCUT2D eigenvalue weighted by Crippen LogP contribution is 2.28. The van der Waals surface area contributed by atoms with Crippen molar-refractivity contribution in [3.63, 3.8) is 0 Å². The lowest BCUT2D eigenvalue weighted by molar-refractivity contribution is 0.0944. The second-order valence-electron chi connectivity index (χ2n) is 8.42. The first-order valence-electron chi connectivity index (χ1n) is 11.4. The van der Waals surface area contributed by atoms with E-state index in [0.29, 0.717) is 17.5 Å². The van der Waals surface area contributed by atoms with Crippen LogP contribution in [-0.4, -0.2) is 55.6 Å². The van der Waals surface area contributed by atoms with Crippen molar-refractivity contribution < 1.29 is 28.5 Å². The number of hydrogen-bond donors (Lipinski definition) is 6. The van der Waals surface area contributed by atoms with Gasteiger partial charge in [0, 0.05) is 24.7 Å². The van der Waals surface area contributed by atoms with E-state index in [1.54, 1.807) is 12.1 Å². The number of carbonyl (C=O) groups is 1. The van der Waals surface area contributed by atoms with Crippen LogP contribution in [0.25, 0.3) is 0 Å². The third-order valence-electron chi connectivity index (χ3n) is 5.51. The average molecular weight is 514 g/mol. The number of phenolic OH excluding ortho intramolecular Hbond substituents is 1. The molecule has 10 heteroatoms. The Bertz CT molecular complexity index is 1250. The molecule has 3 rings (SSSR count). The lowest BCUT2D eigenvalue weighted by Crippen LogP contribution is -2.28. The van der Waals surface area contributed by atoms with Crippen molar-refractivity contribution in [1.82, 2.24) is 10.6 Å². The summed E-state index contributed by atoms with van der Waals surface area (Å²) in [6.07, 6.45) is 0.625. The van der Waals surface area contributed by atoms with Crippen LogP contribution in [0.15, 0.2) is 72.8 Å². The van der Waals surface area contributed by atoms with E-state index in [4.69, 9.17) is 5.11 Å². The maximum Gasteiger partial charge on any atom is 0.251 e. The number of benzene rings is 3. The van der Waals surface area contributed by atoms with E-state index in [1.165, 1.54) is 18.2 Å². The van der Waals surface area contributed by atoms with Gasteiger partial charge in [-0.25, -0.2) is 8.42 Å². The van der Waals surface area contributed by atoms with E-state index in [9.17, 15) is 23.4 Å². The first kappa shape index (κ1) is 27.2. The van der Waals surface area contributed by atoms with Crippen LogP contribution < -0.4 is 15.4 Å². The molecule has 0 heterocycles. The van der Waals surface area contributed by atoms with Crippen LogP contribution in [0.4, 0.5) is 5.69 Å². The summed E-state index contributed by atoms with van der Waals surface area (Å²) in [7, 11) is -3.60. The highest BCUT2D eigenvalue weighted by Gasteiger charge is 2.18. The van der Waals surface area contributed by atoms with Crippen LogP contribution >= 0.6 is 0 Å². The molecule has 6 N–H and O–H groups in total. The fraction of sp³-hybridized carbons (Fsp3) is 0.269. The van der Waals surface area contributed by atoms with E-state index in [-0.39, 0.29) is 43.1 Å². The molecule has 192 valence electrons. The Morgan fingerprint density at radius 1 is 0.972 bits per heavy atom. The van der Waals surface area contributed by atoms with Gasteiger partial charge in [0.05, 0.1) is 24.7 Å². The number of aromatic hydroxyl groups is 1. The van der Waals surface area contributed by atoms with Crippen LogP contribution in [0.5, 0.6) is 5.75 Å². The first-order valence-corrected chi connectivity index (χ1v) is 13.3. The lowest BCUT2D eigenvalue weighted by Gasteiger charge is -2.22. The number of nitrogens with one attached hydrogen (secondary N) is 3. The van der Waals surface area contributed by atoms with E-state index < -0.39 is 16.1 Å². The molecule has 1 unspecified atom stereocenters. The van der Waals surface area contributed by atoms with Gasteiger partial charge in [0.2, 0.25) is 10.0 Å². The van der Waals surface area contributed by atoms with Gasteiger partial charge in [0.15, 0.2) is 0 Å². The minimum atomic E-state index is -3.60. The molecule has 0 aliphatic carbocycles. The molecule has 0 fully saturated rings. The molecule has 3 aromatic rings. The summed E-state index contributed by atoms with van der Waals surface area (Å²) in [5, 5.41) is 35.6. The summed E-state index contributed by atoms with van der Waals surface area (Å²) in [5.41, 5.74) is 2.89. The van der Waals surface area contributed by atoms with Crippen molar-refractivity contribution in [2.24, 2.45) is 0 Å².